The largest absolute Gasteiger partial charge is 0.327 e. The monoisotopic (exact) mass is 249 g/mol. The average Bonchev–Trinajstić information content (AvgIpc) is 2.28. The Morgan fingerprint density at radius 3 is 2.50 bits per heavy atom. The first-order chi connectivity index (χ1) is 7.56. The van der Waals surface area contributed by atoms with E-state index in [0.29, 0.717) is 19.6 Å². The number of hydrogen-bond acceptors (Lipinski definition) is 3. The summed E-state index contributed by atoms with van der Waals surface area (Å²) in [5.41, 5.74) is 5.78. The van der Waals surface area contributed by atoms with Gasteiger partial charge in [-0.3, -0.25) is 0 Å². The Kier molecular flexibility index (Phi) is 5.68. The molecule has 0 amide bonds. The molecular weight excluding hydrogens is 226 g/mol. The third-order valence-corrected chi connectivity index (χ3v) is 4.42. The molecule has 16 heavy (non-hydrogen) atoms. The lowest BCUT2D eigenvalue weighted by Crippen LogP contribution is -2.46. The quantitative estimate of drug-likeness (QED) is 0.717. The lowest BCUT2D eigenvalue weighted by molar-refractivity contribution is 0.340. The molecule has 0 aliphatic carbocycles. The summed E-state index contributed by atoms with van der Waals surface area (Å²) in [6, 6.07) is -0.0791. The molecule has 0 bridgehead atoms. The number of nitrogens with two attached hydrogens (primary N) is 1. The molecular formula is C10H23N3O2S. The highest BCUT2D eigenvalue weighted by atomic mass is 32.2. The summed E-state index contributed by atoms with van der Waals surface area (Å²) in [6.07, 6.45) is 4.88. The van der Waals surface area contributed by atoms with Gasteiger partial charge in [0.25, 0.3) is 10.2 Å². The predicted molar refractivity (Wildman–Crippen MR) is 65.2 cm³/mol. The first-order valence-electron chi connectivity index (χ1n) is 6.06. The van der Waals surface area contributed by atoms with Crippen LogP contribution < -0.4 is 10.5 Å². The van der Waals surface area contributed by atoms with Gasteiger partial charge in [0.1, 0.15) is 0 Å². The maximum atomic E-state index is 11.9. The molecule has 1 unspecified atom stereocenters. The highest BCUT2D eigenvalue weighted by Gasteiger charge is 2.23. The van der Waals surface area contributed by atoms with Crippen LogP contribution in [0.1, 0.15) is 39.0 Å². The van der Waals surface area contributed by atoms with Crippen molar-refractivity contribution in [2.24, 2.45) is 5.73 Å². The Balaban J connectivity index is 2.38. The maximum absolute atomic E-state index is 11.9. The lowest BCUT2D eigenvalue weighted by atomic mass is 10.2. The Labute approximate surface area is 98.6 Å². The fourth-order valence-electron chi connectivity index (χ4n) is 1.88. The van der Waals surface area contributed by atoms with E-state index in [1.165, 1.54) is 4.31 Å². The first kappa shape index (κ1) is 13.9. The first-order valence-corrected chi connectivity index (χ1v) is 7.50. The molecule has 1 rings (SSSR count). The summed E-state index contributed by atoms with van der Waals surface area (Å²) in [6.45, 7) is 3.66. The minimum Gasteiger partial charge on any atom is -0.327 e. The molecule has 1 saturated heterocycles. The number of nitrogens with zero attached hydrogens (tertiary/aromatic N) is 1. The van der Waals surface area contributed by atoms with Crippen molar-refractivity contribution in [1.82, 2.24) is 9.03 Å². The van der Waals surface area contributed by atoms with Gasteiger partial charge in [0, 0.05) is 25.7 Å². The number of nitrogens with one attached hydrogen (secondary N) is 1. The van der Waals surface area contributed by atoms with Gasteiger partial charge in [0.05, 0.1) is 0 Å². The van der Waals surface area contributed by atoms with Crippen molar-refractivity contribution in [2.45, 2.75) is 45.1 Å². The van der Waals surface area contributed by atoms with Crippen molar-refractivity contribution in [3.8, 4) is 0 Å². The van der Waals surface area contributed by atoms with Gasteiger partial charge >= 0.3 is 0 Å². The third-order valence-electron chi connectivity index (χ3n) is 2.84. The zero-order valence-electron chi connectivity index (χ0n) is 9.98. The van der Waals surface area contributed by atoms with Crippen LogP contribution in [0.2, 0.25) is 0 Å². The van der Waals surface area contributed by atoms with E-state index in [1.807, 2.05) is 6.92 Å². The van der Waals surface area contributed by atoms with Gasteiger partial charge in [-0.25, -0.2) is 4.72 Å². The second kappa shape index (κ2) is 6.54. The van der Waals surface area contributed by atoms with Crippen LogP contribution in [0, 0.1) is 0 Å². The summed E-state index contributed by atoms with van der Waals surface area (Å²) in [7, 11) is -3.29. The van der Waals surface area contributed by atoms with E-state index in [9.17, 15) is 8.42 Å². The van der Waals surface area contributed by atoms with Crippen molar-refractivity contribution in [2.75, 3.05) is 19.6 Å². The second-order valence-electron chi connectivity index (χ2n) is 4.36. The van der Waals surface area contributed by atoms with Gasteiger partial charge in [-0.15, -0.1) is 0 Å². The van der Waals surface area contributed by atoms with Gasteiger partial charge in [0.15, 0.2) is 0 Å². The van der Waals surface area contributed by atoms with Crippen LogP contribution in [0.5, 0.6) is 0 Å². The van der Waals surface area contributed by atoms with Crippen molar-refractivity contribution in [3.63, 3.8) is 0 Å². The zero-order chi connectivity index (χ0) is 12.0. The van der Waals surface area contributed by atoms with E-state index in [-0.39, 0.29) is 6.04 Å². The van der Waals surface area contributed by atoms with Crippen molar-refractivity contribution >= 4 is 10.2 Å². The highest BCUT2D eigenvalue weighted by molar-refractivity contribution is 7.87. The maximum Gasteiger partial charge on any atom is 0.279 e. The summed E-state index contributed by atoms with van der Waals surface area (Å²) < 4.78 is 27.8. The van der Waals surface area contributed by atoms with Crippen LogP contribution in [-0.4, -0.2) is 38.4 Å². The van der Waals surface area contributed by atoms with Crippen LogP contribution >= 0.6 is 0 Å². The molecule has 3 N–H and O–H groups in total. The number of piperidine rings is 1. The Hall–Kier alpha value is -0.170. The standard InChI is InChI=1S/C10H23N3O2S/c1-2-6-10(11)9-12-16(14,15)13-7-4-3-5-8-13/h10,12H,2-9,11H2,1H3. The molecule has 1 atom stereocenters. The lowest BCUT2D eigenvalue weighted by Gasteiger charge is -2.26. The van der Waals surface area contributed by atoms with Crippen LogP contribution in [0.4, 0.5) is 0 Å². The van der Waals surface area contributed by atoms with Crippen LogP contribution in [0.15, 0.2) is 0 Å². The summed E-state index contributed by atoms with van der Waals surface area (Å²) in [4.78, 5) is 0. The smallest absolute Gasteiger partial charge is 0.279 e. The molecule has 96 valence electrons. The van der Waals surface area contributed by atoms with Gasteiger partial charge in [-0.05, 0) is 19.3 Å². The van der Waals surface area contributed by atoms with E-state index in [2.05, 4.69) is 4.72 Å². The molecule has 1 fully saturated rings. The molecule has 1 aliphatic heterocycles. The molecule has 0 aromatic heterocycles. The molecule has 0 spiro atoms. The molecule has 5 nitrogen and oxygen atoms in total. The van der Waals surface area contributed by atoms with Crippen molar-refractivity contribution in [3.05, 3.63) is 0 Å². The van der Waals surface area contributed by atoms with Crippen molar-refractivity contribution in [1.29, 1.82) is 0 Å². The molecule has 1 heterocycles. The summed E-state index contributed by atoms with van der Waals surface area (Å²) in [5.74, 6) is 0. The number of hydrogen-bond donors (Lipinski definition) is 2. The predicted octanol–water partition coefficient (Wildman–Crippen LogP) is 0.434. The average molecular weight is 249 g/mol. The van der Waals surface area contributed by atoms with Crippen LogP contribution in [0.25, 0.3) is 0 Å². The second-order valence-corrected chi connectivity index (χ2v) is 6.12. The SMILES string of the molecule is CCCC(N)CNS(=O)(=O)N1CCCCC1. The van der Waals surface area contributed by atoms with E-state index in [0.717, 1.165) is 32.1 Å². The Morgan fingerprint density at radius 2 is 1.94 bits per heavy atom. The number of rotatable bonds is 6. The van der Waals surface area contributed by atoms with Gasteiger partial charge in [-0.2, -0.15) is 12.7 Å². The molecule has 0 saturated carbocycles. The highest BCUT2D eigenvalue weighted by Crippen LogP contribution is 2.11. The van der Waals surface area contributed by atoms with E-state index < -0.39 is 10.2 Å². The zero-order valence-corrected chi connectivity index (χ0v) is 10.8. The summed E-state index contributed by atoms with van der Waals surface area (Å²) >= 11 is 0. The minimum absolute atomic E-state index is 0.0791. The van der Waals surface area contributed by atoms with Crippen LogP contribution in [-0.2, 0) is 10.2 Å². The topological polar surface area (TPSA) is 75.4 Å². The Bertz CT molecular complexity index is 286. The third kappa shape index (κ3) is 4.37. The molecule has 1 aliphatic rings. The van der Waals surface area contributed by atoms with Gasteiger partial charge in [0.2, 0.25) is 0 Å². The van der Waals surface area contributed by atoms with Gasteiger partial charge in [-0.1, -0.05) is 19.8 Å². The van der Waals surface area contributed by atoms with Gasteiger partial charge < -0.3 is 5.73 Å². The summed E-state index contributed by atoms with van der Waals surface area (Å²) in [5, 5.41) is 0. The molecule has 0 radical (unpaired) electrons. The van der Waals surface area contributed by atoms with E-state index in [1.54, 1.807) is 0 Å². The molecule has 0 aromatic rings. The van der Waals surface area contributed by atoms with Crippen molar-refractivity contribution < 1.29 is 8.42 Å². The molecule has 6 heteroatoms. The fraction of sp³-hybridized carbons (Fsp3) is 1.00. The Morgan fingerprint density at radius 1 is 1.31 bits per heavy atom. The molecule has 0 aromatic carbocycles. The fourth-order valence-corrected chi connectivity index (χ4v) is 3.23. The minimum atomic E-state index is -3.29. The van der Waals surface area contributed by atoms with Crippen LogP contribution in [0.3, 0.4) is 0 Å². The van der Waals surface area contributed by atoms with E-state index in [4.69, 9.17) is 5.73 Å². The van der Waals surface area contributed by atoms with E-state index >= 15 is 0 Å². The normalized spacial score (nSPS) is 20.9.